The van der Waals surface area contributed by atoms with Crippen molar-refractivity contribution in [2.24, 2.45) is 0 Å². The lowest BCUT2D eigenvalue weighted by molar-refractivity contribution is 0.0930. The van der Waals surface area contributed by atoms with Crippen molar-refractivity contribution in [2.75, 3.05) is 37.8 Å². The van der Waals surface area contributed by atoms with Gasteiger partial charge in [0.05, 0.1) is 25.5 Å². The molecule has 0 bridgehead atoms. The number of benzene rings is 1. The molecule has 1 fully saturated rings. The summed E-state index contributed by atoms with van der Waals surface area (Å²) in [6.45, 7) is 15.8. The minimum Gasteiger partial charge on any atom is -0.414 e. The van der Waals surface area contributed by atoms with Crippen LogP contribution >= 0.6 is 0 Å². The lowest BCUT2D eigenvalue weighted by Gasteiger charge is -2.36. The van der Waals surface area contributed by atoms with Gasteiger partial charge in [0.25, 0.3) is 0 Å². The first kappa shape index (κ1) is 25.5. The number of aryl methyl sites for hydroxylation is 1. The molecule has 0 unspecified atom stereocenters. The molecule has 0 aliphatic carbocycles. The highest BCUT2D eigenvalue weighted by atomic mass is 28.4. The zero-order chi connectivity index (χ0) is 25.2. The largest absolute Gasteiger partial charge is 0.414 e. The second-order valence-electron chi connectivity index (χ2n) is 10.6. The monoisotopic (exact) mass is 495 g/mol. The first-order valence-corrected chi connectivity index (χ1v) is 15.1. The van der Waals surface area contributed by atoms with E-state index in [0.29, 0.717) is 24.9 Å². The van der Waals surface area contributed by atoms with Crippen LogP contribution in [0.25, 0.3) is 17.1 Å². The van der Waals surface area contributed by atoms with Crippen LogP contribution < -0.4 is 4.90 Å². The molecular formula is C26H37N5O3Si. The molecule has 0 spiro atoms. The Morgan fingerprint density at radius 3 is 2.37 bits per heavy atom. The minimum absolute atomic E-state index is 0.0500. The molecular weight excluding hydrogens is 458 g/mol. The molecule has 8 nitrogen and oxygen atoms in total. The van der Waals surface area contributed by atoms with Crippen LogP contribution in [0.2, 0.25) is 18.1 Å². The van der Waals surface area contributed by atoms with Gasteiger partial charge in [-0.2, -0.15) is 5.10 Å². The summed E-state index contributed by atoms with van der Waals surface area (Å²) in [5, 5.41) is 16.0. The van der Waals surface area contributed by atoms with Crippen molar-refractivity contribution < 1.29 is 14.3 Å². The van der Waals surface area contributed by atoms with Crippen molar-refractivity contribution in [3.63, 3.8) is 0 Å². The third-order valence-electron chi connectivity index (χ3n) is 6.93. The molecule has 4 rings (SSSR count). The van der Waals surface area contributed by atoms with E-state index in [0.717, 1.165) is 35.9 Å². The lowest BCUT2D eigenvalue weighted by atomic mass is 10.1. The highest BCUT2D eigenvalue weighted by molar-refractivity contribution is 6.74. The SMILES string of the molecule is Cc1cc(-c2ccccc2)nn1-c1cc(N2CCOCC2)nc([C@@H](O)CO[Si](C)(C)C(C)(C)C)n1. The molecule has 1 atom stereocenters. The van der Waals surface area contributed by atoms with Crippen molar-refractivity contribution in [3.05, 3.63) is 54.0 Å². The van der Waals surface area contributed by atoms with Gasteiger partial charge in [-0.25, -0.2) is 14.6 Å². The van der Waals surface area contributed by atoms with E-state index < -0.39 is 14.4 Å². The molecule has 1 saturated heterocycles. The van der Waals surface area contributed by atoms with Gasteiger partial charge in [-0.1, -0.05) is 51.1 Å². The fraction of sp³-hybridized carbons (Fsp3) is 0.500. The topological polar surface area (TPSA) is 85.5 Å². The molecule has 35 heavy (non-hydrogen) atoms. The average Bonchev–Trinajstić information content (AvgIpc) is 3.24. The van der Waals surface area contributed by atoms with E-state index in [9.17, 15) is 5.11 Å². The Labute approximate surface area is 209 Å². The van der Waals surface area contributed by atoms with Gasteiger partial charge >= 0.3 is 0 Å². The summed E-state index contributed by atoms with van der Waals surface area (Å²) in [6.07, 6.45) is -0.937. The first-order valence-electron chi connectivity index (χ1n) is 12.2. The minimum atomic E-state index is -2.03. The van der Waals surface area contributed by atoms with E-state index in [4.69, 9.17) is 24.2 Å². The fourth-order valence-corrected chi connectivity index (χ4v) is 4.69. The lowest BCUT2D eigenvalue weighted by Crippen LogP contribution is -2.42. The standard InChI is InChI=1S/C26H37N5O3Si/c1-19-16-21(20-10-8-7-9-11-20)29-31(19)24-17-23(30-12-14-33-15-13-30)27-25(28-24)22(32)18-34-35(5,6)26(2,3)4/h7-11,16-17,22,32H,12-15,18H2,1-6H3/t22-/m0/s1. The molecule has 1 aromatic carbocycles. The molecule has 3 aromatic rings. The van der Waals surface area contributed by atoms with Gasteiger partial charge in [0, 0.05) is 30.4 Å². The van der Waals surface area contributed by atoms with E-state index in [1.165, 1.54) is 0 Å². The Balaban J connectivity index is 1.68. The normalized spacial score (nSPS) is 15.9. The fourth-order valence-electron chi connectivity index (χ4n) is 3.69. The number of anilines is 1. The molecule has 2 aromatic heterocycles. The molecule has 0 saturated carbocycles. The molecule has 1 aliphatic rings. The van der Waals surface area contributed by atoms with Gasteiger partial charge in [0.15, 0.2) is 20.0 Å². The number of nitrogens with zero attached hydrogens (tertiary/aromatic N) is 5. The highest BCUT2D eigenvalue weighted by Crippen LogP contribution is 2.37. The first-order chi connectivity index (χ1) is 16.5. The van der Waals surface area contributed by atoms with Gasteiger partial charge in [-0.05, 0) is 31.1 Å². The molecule has 9 heteroatoms. The van der Waals surface area contributed by atoms with Crippen molar-refractivity contribution in [1.29, 1.82) is 0 Å². The molecule has 1 N–H and O–H groups in total. The van der Waals surface area contributed by atoms with Gasteiger partial charge in [0.2, 0.25) is 0 Å². The number of rotatable bonds is 7. The van der Waals surface area contributed by atoms with Crippen LogP contribution in [-0.2, 0) is 9.16 Å². The van der Waals surface area contributed by atoms with E-state index in [2.05, 4.69) is 38.8 Å². The molecule has 0 radical (unpaired) electrons. The van der Waals surface area contributed by atoms with Crippen LogP contribution in [0.5, 0.6) is 0 Å². The number of aliphatic hydroxyl groups is 1. The quantitative estimate of drug-likeness (QED) is 0.482. The van der Waals surface area contributed by atoms with Crippen LogP contribution in [0.3, 0.4) is 0 Å². The predicted molar refractivity (Wildman–Crippen MR) is 140 cm³/mol. The summed E-state index contributed by atoms with van der Waals surface area (Å²) in [5.41, 5.74) is 2.87. The van der Waals surface area contributed by atoms with Crippen LogP contribution in [0.4, 0.5) is 5.82 Å². The second kappa shape index (κ2) is 10.2. The molecule has 1 aliphatic heterocycles. The van der Waals surface area contributed by atoms with E-state index >= 15 is 0 Å². The number of ether oxygens (including phenoxy) is 1. The van der Waals surface area contributed by atoms with Crippen molar-refractivity contribution in [2.45, 2.75) is 51.9 Å². The second-order valence-corrected chi connectivity index (χ2v) is 15.4. The highest BCUT2D eigenvalue weighted by Gasteiger charge is 2.38. The van der Waals surface area contributed by atoms with E-state index in [-0.39, 0.29) is 11.6 Å². The molecule has 3 heterocycles. The van der Waals surface area contributed by atoms with Crippen LogP contribution in [0.15, 0.2) is 42.5 Å². The van der Waals surface area contributed by atoms with E-state index in [1.54, 1.807) is 0 Å². The zero-order valence-corrected chi connectivity index (χ0v) is 22.7. The maximum atomic E-state index is 11.1. The van der Waals surface area contributed by atoms with Gasteiger partial charge in [-0.15, -0.1) is 0 Å². The summed E-state index contributed by atoms with van der Waals surface area (Å²) in [6, 6.07) is 14.1. The van der Waals surface area contributed by atoms with Gasteiger partial charge in [0.1, 0.15) is 11.9 Å². The Bertz CT molecular complexity index is 1140. The van der Waals surface area contributed by atoms with Crippen LogP contribution in [0.1, 0.15) is 38.4 Å². The summed E-state index contributed by atoms with van der Waals surface area (Å²) < 4.78 is 13.6. The number of aliphatic hydroxyl groups excluding tert-OH is 1. The van der Waals surface area contributed by atoms with Crippen molar-refractivity contribution in [3.8, 4) is 17.1 Å². The third kappa shape index (κ3) is 5.80. The number of hydrogen-bond acceptors (Lipinski definition) is 7. The summed E-state index contributed by atoms with van der Waals surface area (Å²) in [4.78, 5) is 11.7. The maximum Gasteiger partial charge on any atom is 0.192 e. The summed E-state index contributed by atoms with van der Waals surface area (Å²) in [7, 11) is -2.03. The Morgan fingerprint density at radius 1 is 1.06 bits per heavy atom. The molecule has 0 amide bonds. The van der Waals surface area contributed by atoms with E-state index in [1.807, 2.05) is 54.1 Å². The van der Waals surface area contributed by atoms with Gasteiger partial charge in [-0.3, -0.25) is 0 Å². The number of aromatic nitrogens is 4. The van der Waals surface area contributed by atoms with Crippen LogP contribution in [-0.4, -0.2) is 66.1 Å². The maximum absolute atomic E-state index is 11.1. The zero-order valence-electron chi connectivity index (χ0n) is 21.7. The number of hydrogen-bond donors (Lipinski definition) is 1. The molecule has 188 valence electrons. The van der Waals surface area contributed by atoms with Crippen molar-refractivity contribution in [1.82, 2.24) is 19.7 Å². The Morgan fingerprint density at radius 2 is 1.71 bits per heavy atom. The van der Waals surface area contributed by atoms with Crippen LogP contribution in [0, 0.1) is 6.92 Å². The Hall–Kier alpha value is -2.59. The number of morpholine rings is 1. The van der Waals surface area contributed by atoms with Crippen molar-refractivity contribution >= 4 is 14.1 Å². The van der Waals surface area contributed by atoms with Gasteiger partial charge < -0.3 is 19.2 Å². The average molecular weight is 496 g/mol. The summed E-state index contributed by atoms with van der Waals surface area (Å²) in [5.74, 6) is 1.73. The third-order valence-corrected chi connectivity index (χ3v) is 11.4. The Kier molecular flexibility index (Phi) is 7.42. The smallest absolute Gasteiger partial charge is 0.192 e. The predicted octanol–water partition coefficient (Wildman–Crippen LogP) is 4.53. The summed E-state index contributed by atoms with van der Waals surface area (Å²) >= 11 is 0.